The summed E-state index contributed by atoms with van der Waals surface area (Å²) < 4.78 is 21.7. The lowest BCUT2D eigenvalue weighted by Crippen LogP contribution is -2.54. The Morgan fingerprint density at radius 2 is 1.64 bits per heavy atom. The SMILES string of the molecule is Cc1ccccc1N1C(=O)/C(=C/c2cc(C)n(-c3ccc(OCc4ccccc4F)cc3)c2C)C(=O)NC1=S. The van der Waals surface area contributed by atoms with Gasteiger partial charge < -0.3 is 9.30 Å². The first-order valence-corrected chi connectivity index (χ1v) is 12.8. The number of aryl methyl sites for hydroxylation is 2. The Morgan fingerprint density at radius 1 is 0.949 bits per heavy atom. The number of halogens is 1. The van der Waals surface area contributed by atoms with Crippen LogP contribution in [-0.4, -0.2) is 21.5 Å². The zero-order valence-corrected chi connectivity index (χ0v) is 22.5. The molecule has 8 heteroatoms. The lowest BCUT2D eigenvalue weighted by atomic mass is 10.1. The summed E-state index contributed by atoms with van der Waals surface area (Å²) in [5, 5.41) is 2.70. The Morgan fingerprint density at radius 3 is 2.36 bits per heavy atom. The van der Waals surface area contributed by atoms with Crippen molar-refractivity contribution in [1.29, 1.82) is 0 Å². The second-order valence-corrected chi connectivity index (χ2v) is 9.67. The molecule has 0 unspecified atom stereocenters. The second kappa shape index (κ2) is 10.7. The van der Waals surface area contributed by atoms with Gasteiger partial charge in [-0.2, -0.15) is 0 Å². The summed E-state index contributed by atoms with van der Waals surface area (Å²) in [6.45, 7) is 5.89. The van der Waals surface area contributed by atoms with Crippen LogP contribution in [0.1, 0.15) is 28.1 Å². The van der Waals surface area contributed by atoms with Gasteiger partial charge in [-0.3, -0.25) is 19.8 Å². The standard InChI is InChI=1S/C31H26FN3O3S/c1-19-8-4-7-11-28(19)35-30(37)26(29(36)33-31(35)39)17-23-16-20(2)34(21(23)3)24-12-14-25(15-13-24)38-18-22-9-5-6-10-27(22)32/h4-17H,18H2,1-3H3,(H,33,36,39)/b26-17+. The molecule has 0 bridgehead atoms. The van der Waals surface area contributed by atoms with E-state index in [1.54, 1.807) is 30.3 Å². The van der Waals surface area contributed by atoms with E-state index in [0.717, 1.165) is 28.2 Å². The predicted molar refractivity (Wildman–Crippen MR) is 153 cm³/mol. The van der Waals surface area contributed by atoms with Gasteiger partial charge in [-0.15, -0.1) is 0 Å². The summed E-state index contributed by atoms with van der Waals surface area (Å²) in [6, 6.07) is 23.3. The van der Waals surface area contributed by atoms with Crippen LogP contribution in [0.5, 0.6) is 5.75 Å². The number of nitrogens with zero attached hydrogens (tertiary/aromatic N) is 2. The fraction of sp³-hybridized carbons (Fsp3) is 0.129. The van der Waals surface area contributed by atoms with Crippen LogP contribution >= 0.6 is 12.2 Å². The van der Waals surface area contributed by atoms with E-state index in [2.05, 4.69) is 5.32 Å². The highest BCUT2D eigenvalue weighted by Crippen LogP contribution is 2.28. The average molecular weight is 540 g/mol. The molecule has 196 valence electrons. The molecule has 0 radical (unpaired) electrons. The summed E-state index contributed by atoms with van der Waals surface area (Å²) in [7, 11) is 0. The minimum atomic E-state index is -0.531. The average Bonchev–Trinajstić information content (AvgIpc) is 3.19. The number of nitrogens with one attached hydrogen (secondary N) is 1. The normalized spacial score (nSPS) is 14.6. The molecule has 3 aromatic carbocycles. The number of anilines is 1. The highest BCUT2D eigenvalue weighted by Gasteiger charge is 2.35. The monoisotopic (exact) mass is 539 g/mol. The fourth-order valence-corrected chi connectivity index (χ4v) is 4.92. The minimum absolute atomic E-state index is 0.00370. The highest BCUT2D eigenvalue weighted by molar-refractivity contribution is 7.80. The van der Waals surface area contributed by atoms with Crippen LogP contribution in [0.4, 0.5) is 10.1 Å². The van der Waals surface area contributed by atoms with Gasteiger partial charge in [-0.05, 0) is 92.7 Å². The molecule has 4 aromatic rings. The Balaban J connectivity index is 1.41. The molecular formula is C31H26FN3O3S. The highest BCUT2D eigenvalue weighted by atomic mass is 32.1. The Bertz CT molecular complexity index is 1640. The third kappa shape index (κ3) is 5.11. The molecule has 1 aliphatic rings. The van der Waals surface area contributed by atoms with E-state index in [1.165, 1.54) is 11.0 Å². The Kier molecular flexibility index (Phi) is 7.13. The number of aromatic nitrogens is 1. The largest absolute Gasteiger partial charge is 0.489 e. The van der Waals surface area contributed by atoms with Crippen molar-refractivity contribution in [2.24, 2.45) is 0 Å². The van der Waals surface area contributed by atoms with Crippen molar-refractivity contribution in [2.75, 3.05) is 4.90 Å². The van der Waals surface area contributed by atoms with E-state index in [1.807, 2.05) is 73.9 Å². The molecule has 0 aliphatic carbocycles. The van der Waals surface area contributed by atoms with E-state index in [-0.39, 0.29) is 23.1 Å². The lowest BCUT2D eigenvalue weighted by Gasteiger charge is -2.30. The molecule has 2 amide bonds. The molecule has 1 N–H and O–H groups in total. The topological polar surface area (TPSA) is 63.6 Å². The van der Waals surface area contributed by atoms with Crippen molar-refractivity contribution in [3.63, 3.8) is 0 Å². The summed E-state index contributed by atoms with van der Waals surface area (Å²) >= 11 is 5.33. The van der Waals surface area contributed by atoms with Crippen LogP contribution in [-0.2, 0) is 16.2 Å². The van der Waals surface area contributed by atoms with Crippen LogP contribution in [0.15, 0.2) is 84.4 Å². The number of benzene rings is 3. The van der Waals surface area contributed by atoms with Crippen molar-refractivity contribution in [2.45, 2.75) is 27.4 Å². The van der Waals surface area contributed by atoms with Gasteiger partial charge in [0.2, 0.25) is 0 Å². The summed E-state index contributed by atoms with van der Waals surface area (Å²) in [6.07, 6.45) is 1.61. The first kappa shape index (κ1) is 26.1. The van der Waals surface area contributed by atoms with Crippen molar-refractivity contribution in [3.8, 4) is 11.4 Å². The third-order valence-electron chi connectivity index (χ3n) is 6.68. The molecule has 6 nitrogen and oxygen atoms in total. The molecule has 39 heavy (non-hydrogen) atoms. The molecule has 2 heterocycles. The molecule has 1 aliphatic heterocycles. The van der Waals surface area contributed by atoms with Gasteiger partial charge in [-0.1, -0.05) is 36.4 Å². The number of hydrogen-bond donors (Lipinski definition) is 1. The smallest absolute Gasteiger partial charge is 0.270 e. The molecule has 0 atom stereocenters. The Labute approximate surface area is 231 Å². The predicted octanol–water partition coefficient (Wildman–Crippen LogP) is 5.95. The van der Waals surface area contributed by atoms with Crippen LogP contribution in [0.25, 0.3) is 11.8 Å². The van der Waals surface area contributed by atoms with Gasteiger partial charge in [0.25, 0.3) is 11.8 Å². The van der Waals surface area contributed by atoms with Gasteiger partial charge in [-0.25, -0.2) is 4.39 Å². The Hall–Kier alpha value is -4.56. The number of para-hydroxylation sites is 1. The van der Waals surface area contributed by atoms with Crippen LogP contribution in [0.2, 0.25) is 0 Å². The van der Waals surface area contributed by atoms with Gasteiger partial charge in [0.15, 0.2) is 5.11 Å². The number of ether oxygens (including phenoxy) is 1. The van der Waals surface area contributed by atoms with Crippen LogP contribution < -0.4 is 15.0 Å². The van der Waals surface area contributed by atoms with Gasteiger partial charge >= 0.3 is 0 Å². The maximum atomic E-state index is 13.9. The molecule has 1 fully saturated rings. The lowest BCUT2D eigenvalue weighted by molar-refractivity contribution is -0.122. The van der Waals surface area contributed by atoms with E-state index in [9.17, 15) is 14.0 Å². The van der Waals surface area contributed by atoms with Gasteiger partial charge in [0.05, 0.1) is 5.69 Å². The third-order valence-corrected chi connectivity index (χ3v) is 6.96. The number of carbonyl (C=O) groups excluding carboxylic acids is 2. The zero-order valence-electron chi connectivity index (χ0n) is 21.7. The van der Waals surface area contributed by atoms with Crippen LogP contribution in [0.3, 0.4) is 0 Å². The maximum absolute atomic E-state index is 13.9. The number of thiocarbonyl (C=S) groups is 1. The molecule has 0 saturated carbocycles. The van der Waals surface area contributed by atoms with E-state index in [0.29, 0.717) is 17.0 Å². The molecule has 1 aromatic heterocycles. The maximum Gasteiger partial charge on any atom is 0.270 e. The van der Waals surface area contributed by atoms with Gasteiger partial charge in [0, 0.05) is 22.6 Å². The van der Waals surface area contributed by atoms with Crippen molar-refractivity contribution in [1.82, 2.24) is 9.88 Å². The van der Waals surface area contributed by atoms with E-state index in [4.69, 9.17) is 17.0 Å². The van der Waals surface area contributed by atoms with Crippen molar-refractivity contribution in [3.05, 3.63) is 118 Å². The molecular weight excluding hydrogens is 513 g/mol. The van der Waals surface area contributed by atoms with E-state index < -0.39 is 11.8 Å². The van der Waals surface area contributed by atoms with Crippen molar-refractivity contribution < 1.29 is 18.7 Å². The zero-order chi connectivity index (χ0) is 27.7. The first-order chi connectivity index (χ1) is 18.7. The fourth-order valence-electron chi connectivity index (χ4n) is 4.65. The number of amides is 2. The quantitative estimate of drug-likeness (QED) is 0.187. The summed E-state index contributed by atoms with van der Waals surface area (Å²) in [5.74, 6) is -0.693. The van der Waals surface area contributed by atoms with Crippen molar-refractivity contribution >= 4 is 40.9 Å². The van der Waals surface area contributed by atoms with Gasteiger partial charge in [0.1, 0.15) is 23.7 Å². The summed E-state index contributed by atoms with van der Waals surface area (Å²) in [4.78, 5) is 27.6. The first-order valence-electron chi connectivity index (χ1n) is 12.4. The molecule has 5 rings (SSSR count). The molecule has 0 spiro atoms. The number of carbonyl (C=O) groups is 2. The summed E-state index contributed by atoms with van der Waals surface area (Å²) in [5.41, 5.74) is 5.39. The molecule has 1 saturated heterocycles. The number of hydrogen-bond acceptors (Lipinski definition) is 4. The number of rotatable bonds is 6. The minimum Gasteiger partial charge on any atom is -0.489 e. The van der Waals surface area contributed by atoms with Crippen LogP contribution in [0, 0.1) is 26.6 Å². The van der Waals surface area contributed by atoms with E-state index >= 15 is 0 Å². The second-order valence-electron chi connectivity index (χ2n) is 9.28.